The van der Waals surface area contributed by atoms with Gasteiger partial charge in [-0.25, -0.2) is 8.42 Å². The van der Waals surface area contributed by atoms with Crippen LogP contribution in [0.5, 0.6) is 0 Å². The summed E-state index contributed by atoms with van der Waals surface area (Å²) < 4.78 is 131. The predicted molar refractivity (Wildman–Crippen MR) is 100 cm³/mol. The summed E-state index contributed by atoms with van der Waals surface area (Å²) in [6.45, 7) is 1.19. The normalized spacial score (nSPS) is 13.4. The number of aromatic nitrogens is 5. The monoisotopic (exact) mass is 515 g/mol. The topological polar surface area (TPSA) is 90.6 Å². The summed E-state index contributed by atoms with van der Waals surface area (Å²) in [5, 5.41) is 7.29. The number of hydrogen-bond acceptors (Lipinski definition) is 6. The van der Waals surface area contributed by atoms with Gasteiger partial charge in [0.1, 0.15) is 11.4 Å². The molecule has 0 atom stereocenters. The van der Waals surface area contributed by atoms with Crippen LogP contribution >= 0.6 is 0 Å². The van der Waals surface area contributed by atoms with Crippen molar-refractivity contribution in [3.63, 3.8) is 0 Å². The van der Waals surface area contributed by atoms with Crippen LogP contribution in [0.2, 0.25) is 0 Å². The fourth-order valence-corrected chi connectivity index (χ4v) is 3.89. The predicted octanol–water partition coefficient (Wildman–Crippen LogP) is 4.41. The molecule has 0 aliphatic rings. The number of alkyl halides is 8. The maximum Gasteiger partial charge on any atom is 0.458 e. The number of nitrogens with zero attached hydrogens (tertiary/aromatic N) is 5. The second-order valence-electron chi connectivity index (χ2n) is 6.88. The van der Waals surface area contributed by atoms with E-state index in [-0.39, 0.29) is 11.6 Å². The number of sulfone groups is 1. The molecule has 34 heavy (non-hydrogen) atoms. The second-order valence-corrected chi connectivity index (χ2v) is 9.13. The third-order valence-corrected chi connectivity index (χ3v) is 6.43. The van der Waals surface area contributed by atoms with E-state index >= 15 is 0 Å². The lowest BCUT2D eigenvalue weighted by Crippen LogP contribution is -2.33. The van der Waals surface area contributed by atoms with Crippen LogP contribution in [-0.4, -0.2) is 45.1 Å². The summed E-state index contributed by atoms with van der Waals surface area (Å²) in [5.74, 6) is -6.53. The van der Waals surface area contributed by atoms with E-state index in [1.165, 1.54) is 14.0 Å². The van der Waals surface area contributed by atoms with Crippen LogP contribution in [0.4, 0.5) is 35.1 Å². The molecule has 16 heteroatoms. The van der Waals surface area contributed by atoms with Gasteiger partial charge >= 0.3 is 18.3 Å². The third-order valence-electron chi connectivity index (χ3n) is 4.69. The van der Waals surface area contributed by atoms with Crippen molar-refractivity contribution in [3.05, 3.63) is 41.7 Å². The molecule has 0 aromatic carbocycles. The van der Waals surface area contributed by atoms with Gasteiger partial charge in [0.25, 0.3) is 0 Å². The zero-order chi connectivity index (χ0) is 25.7. The number of halogens is 8. The highest BCUT2D eigenvalue weighted by Gasteiger charge is 2.58. The van der Waals surface area contributed by atoms with Crippen LogP contribution in [0.3, 0.4) is 0 Å². The van der Waals surface area contributed by atoms with Crippen LogP contribution in [0.15, 0.2) is 35.5 Å². The van der Waals surface area contributed by atoms with E-state index in [2.05, 4.69) is 20.2 Å². The Labute approximate surface area is 186 Å². The molecule has 3 rings (SSSR count). The summed E-state index contributed by atoms with van der Waals surface area (Å²) in [7, 11) is -3.07. The van der Waals surface area contributed by atoms with E-state index in [1.807, 2.05) is 0 Å². The molecule has 0 fully saturated rings. The molecule has 3 aromatic rings. The van der Waals surface area contributed by atoms with Crippen molar-refractivity contribution in [2.75, 3.05) is 5.75 Å². The molecule has 0 spiro atoms. The van der Waals surface area contributed by atoms with E-state index in [9.17, 15) is 43.5 Å². The van der Waals surface area contributed by atoms with Crippen molar-refractivity contribution >= 4 is 9.84 Å². The Morgan fingerprint density at radius 2 is 1.53 bits per heavy atom. The number of hydrogen-bond donors (Lipinski definition) is 0. The molecule has 0 unspecified atom stereocenters. The van der Waals surface area contributed by atoms with Gasteiger partial charge in [-0.15, -0.1) is 10.2 Å². The highest BCUT2D eigenvalue weighted by Crippen LogP contribution is 2.44. The van der Waals surface area contributed by atoms with E-state index in [4.69, 9.17) is 0 Å². The molecule has 3 aromatic heterocycles. The average Bonchev–Trinajstić information content (AvgIpc) is 3.13. The van der Waals surface area contributed by atoms with Gasteiger partial charge in [0, 0.05) is 25.0 Å². The first-order valence-electron chi connectivity index (χ1n) is 9.12. The van der Waals surface area contributed by atoms with E-state index in [0.29, 0.717) is 30.6 Å². The number of pyridine rings is 2. The van der Waals surface area contributed by atoms with Crippen LogP contribution in [0, 0.1) is 0 Å². The average molecular weight is 515 g/mol. The zero-order valence-corrected chi connectivity index (χ0v) is 17.9. The molecule has 0 saturated carbocycles. The highest BCUT2D eigenvalue weighted by atomic mass is 32.2. The van der Waals surface area contributed by atoms with Crippen molar-refractivity contribution in [3.8, 4) is 23.0 Å². The highest BCUT2D eigenvalue weighted by molar-refractivity contribution is 7.91. The first-order chi connectivity index (χ1) is 15.5. The Balaban J connectivity index is 2.18. The summed E-state index contributed by atoms with van der Waals surface area (Å²) in [5.41, 5.74) is -3.77. The molecule has 0 N–H and O–H groups in total. The van der Waals surface area contributed by atoms with Gasteiger partial charge < -0.3 is 4.57 Å². The Kier molecular flexibility index (Phi) is 6.17. The van der Waals surface area contributed by atoms with Gasteiger partial charge in [-0.3, -0.25) is 9.97 Å². The summed E-state index contributed by atoms with van der Waals surface area (Å²) in [6, 6.07) is 1.25. The fraction of sp³-hybridized carbons (Fsp3) is 0.333. The fourth-order valence-electron chi connectivity index (χ4n) is 2.83. The molecule has 3 heterocycles. The van der Waals surface area contributed by atoms with Gasteiger partial charge in [-0.2, -0.15) is 35.1 Å². The minimum Gasteiger partial charge on any atom is -0.307 e. The maximum absolute atomic E-state index is 13.7. The second kappa shape index (κ2) is 8.25. The molecule has 184 valence electrons. The van der Waals surface area contributed by atoms with Crippen LogP contribution in [0.1, 0.15) is 18.1 Å². The minimum absolute atomic E-state index is 0.364. The summed E-state index contributed by atoms with van der Waals surface area (Å²) in [4.78, 5) is 6.46. The van der Waals surface area contributed by atoms with Crippen molar-refractivity contribution in [1.29, 1.82) is 0 Å². The first-order valence-corrected chi connectivity index (χ1v) is 10.8. The Morgan fingerprint density at radius 1 is 0.912 bits per heavy atom. The van der Waals surface area contributed by atoms with Gasteiger partial charge in [-0.05, 0) is 18.2 Å². The molecular weight excluding hydrogens is 502 g/mol. The molecule has 7 nitrogen and oxygen atoms in total. The minimum atomic E-state index is -5.88. The molecule has 0 aliphatic heterocycles. The summed E-state index contributed by atoms with van der Waals surface area (Å²) >= 11 is 0. The zero-order valence-electron chi connectivity index (χ0n) is 17.1. The van der Waals surface area contributed by atoms with Crippen LogP contribution in [-0.2, 0) is 29.0 Å². The van der Waals surface area contributed by atoms with Crippen molar-refractivity contribution in [1.82, 2.24) is 24.7 Å². The van der Waals surface area contributed by atoms with Gasteiger partial charge in [0.2, 0.25) is 0 Å². The lowest BCUT2D eigenvalue weighted by molar-refractivity contribution is -0.289. The smallest absolute Gasteiger partial charge is 0.307 e. The van der Waals surface area contributed by atoms with E-state index in [0.717, 1.165) is 4.57 Å². The molecule has 0 bridgehead atoms. The lowest BCUT2D eigenvalue weighted by Gasteiger charge is -2.20. The van der Waals surface area contributed by atoms with E-state index < -0.39 is 61.3 Å². The molecule has 0 radical (unpaired) electrons. The molecule has 0 saturated heterocycles. The largest absolute Gasteiger partial charge is 0.458 e. The van der Waals surface area contributed by atoms with E-state index in [1.54, 1.807) is 0 Å². The van der Waals surface area contributed by atoms with Crippen LogP contribution in [0.25, 0.3) is 23.0 Å². The quantitative estimate of drug-likeness (QED) is 0.468. The van der Waals surface area contributed by atoms with Gasteiger partial charge in [0.15, 0.2) is 21.5 Å². The molecule has 0 aliphatic carbocycles. The van der Waals surface area contributed by atoms with Crippen LogP contribution < -0.4 is 0 Å². The maximum atomic E-state index is 13.7. The Morgan fingerprint density at radius 3 is 2.09 bits per heavy atom. The van der Waals surface area contributed by atoms with Gasteiger partial charge in [-0.1, -0.05) is 6.92 Å². The summed E-state index contributed by atoms with van der Waals surface area (Å²) in [6.07, 6.45) is -9.73. The Hall–Kier alpha value is -3.17. The standard InChI is InChI=1S/C18H13F8N5O2S/c1-3-34(32,33)12-7-10(17(21,22)23)8-28-13(12)15-30-29-14(31(15)2)11-6-9(4-5-27-11)16(19,20)18(24,25)26/h4-8H,3H2,1-2H3. The SMILES string of the molecule is CCS(=O)(=O)c1cc(C(F)(F)F)cnc1-c1nnc(-c2cc(C(F)(F)C(F)(F)F)ccn2)n1C. The van der Waals surface area contributed by atoms with Crippen molar-refractivity contribution in [2.24, 2.45) is 7.05 Å². The van der Waals surface area contributed by atoms with Crippen molar-refractivity contribution in [2.45, 2.75) is 30.1 Å². The Bertz CT molecular complexity index is 1330. The number of rotatable bonds is 5. The van der Waals surface area contributed by atoms with Crippen molar-refractivity contribution < 1.29 is 43.5 Å². The molecule has 0 amide bonds. The first kappa shape index (κ1) is 25.5. The van der Waals surface area contributed by atoms with Gasteiger partial charge in [0.05, 0.1) is 16.2 Å². The lowest BCUT2D eigenvalue weighted by atomic mass is 10.1. The third kappa shape index (κ3) is 4.45. The molecular formula is C18H13F8N5O2S.